The molecule has 2 atom stereocenters. The predicted molar refractivity (Wildman–Crippen MR) is 74.4 cm³/mol. The number of aromatic hydroxyl groups is 1. The van der Waals surface area contributed by atoms with Gasteiger partial charge in [-0.15, -0.1) is 0 Å². The second kappa shape index (κ2) is 4.76. The second-order valence-electron chi connectivity index (χ2n) is 4.64. The first-order chi connectivity index (χ1) is 9.25. The van der Waals surface area contributed by atoms with E-state index in [1.54, 1.807) is 12.1 Å². The number of para-hydroxylation sites is 1. The number of hydrogen-bond donors (Lipinski definition) is 1. The van der Waals surface area contributed by atoms with Gasteiger partial charge >= 0.3 is 0 Å². The molecular weight excluding hydrogens is 238 g/mol. The molecule has 0 spiro atoms. The van der Waals surface area contributed by atoms with Gasteiger partial charge in [0.25, 0.3) is 0 Å². The molecule has 1 N–H and O–H groups in total. The lowest BCUT2D eigenvalue weighted by Gasteiger charge is -2.15. The smallest absolute Gasteiger partial charge is 0.220 e. The van der Waals surface area contributed by atoms with Gasteiger partial charge < -0.3 is 9.84 Å². The fraction of sp³-hybridized carbons (Fsp3) is 0.188. The molecule has 0 bridgehead atoms. The average molecular weight is 253 g/mol. The Labute approximate surface area is 112 Å². The van der Waals surface area contributed by atoms with Crippen molar-refractivity contribution in [1.82, 2.24) is 0 Å². The van der Waals surface area contributed by atoms with Crippen molar-refractivity contribution in [3.8, 4) is 5.75 Å². The van der Waals surface area contributed by atoms with Crippen LogP contribution in [0.3, 0.4) is 0 Å². The minimum absolute atomic E-state index is 0.0389. The molecule has 1 heterocycles. The molecule has 2 aromatic carbocycles. The number of phenols is 1. The predicted octanol–water partition coefficient (Wildman–Crippen LogP) is 3.30. The number of benzene rings is 2. The summed E-state index contributed by atoms with van der Waals surface area (Å²) in [5.41, 5.74) is 1.75. The highest BCUT2D eigenvalue weighted by Crippen LogP contribution is 2.32. The van der Waals surface area contributed by atoms with E-state index in [1.807, 2.05) is 49.4 Å². The molecule has 1 aliphatic rings. The largest absolute Gasteiger partial charge is 0.507 e. The molecule has 3 heteroatoms. The molecule has 3 nitrogen and oxygen atoms in total. The van der Waals surface area contributed by atoms with E-state index in [9.17, 15) is 5.11 Å². The number of phenolic OH excluding ortho intramolecular Hbond substituents is 1. The Morgan fingerprint density at radius 2 is 1.68 bits per heavy atom. The Hall–Kier alpha value is -2.29. The highest BCUT2D eigenvalue weighted by molar-refractivity contribution is 5.97. The van der Waals surface area contributed by atoms with Gasteiger partial charge in [-0.3, -0.25) is 0 Å². The minimum atomic E-state index is -0.0872. The summed E-state index contributed by atoms with van der Waals surface area (Å²) >= 11 is 0. The van der Waals surface area contributed by atoms with Crippen LogP contribution in [0.25, 0.3) is 0 Å². The molecule has 96 valence electrons. The topological polar surface area (TPSA) is 41.8 Å². The van der Waals surface area contributed by atoms with Gasteiger partial charge in [-0.25, -0.2) is 4.99 Å². The van der Waals surface area contributed by atoms with Gasteiger partial charge in [-0.05, 0) is 24.6 Å². The Bertz CT molecular complexity index is 607. The van der Waals surface area contributed by atoms with Crippen LogP contribution in [0.4, 0.5) is 0 Å². The minimum Gasteiger partial charge on any atom is -0.507 e. The zero-order valence-corrected chi connectivity index (χ0v) is 10.7. The first-order valence-corrected chi connectivity index (χ1v) is 6.33. The summed E-state index contributed by atoms with van der Waals surface area (Å²) in [5.74, 6) is 0.710. The molecule has 3 rings (SSSR count). The normalized spacial score (nSPS) is 21.8. The van der Waals surface area contributed by atoms with E-state index in [-0.39, 0.29) is 17.9 Å². The molecule has 0 fully saturated rings. The average Bonchev–Trinajstić information content (AvgIpc) is 2.82. The van der Waals surface area contributed by atoms with Crippen molar-refractivity contribution in [3.63, 3.8) is 0 Å². The van der Waals surface area contributed by atoms with Gasteiger partial charge in [0, 0.05) is 0 Å². The molecule has 2 aromatic rings. The lowest BCUT2D eigenvalue weighted by Crippen LogP contribution is -2.10. The molecule has 19 heavy (non-hydrogen) atoms. The standard InChI is InChI=1S/C16H15NO2/c1-11-15(12-7-3-2-4-8-12)19-16(17-11)13-9-5-6-10-14(13)18/h2-11,15,18H,1H3/t11-,15+/m0/s1. The van der Waals surface area contributed by atoms with Gasteiger partial charge in [0.05, 0.1) is 11.6 Å². The first kappa shape index (κ1) is 11.8. The third-order valence-corrected chi connectivity index (χ3v) is 3.26. The lowest BCUT2D eigenvalue weighted by molar-refractivity contribution is 0.202. The Balaban J connectivity index is 1.89. The molecule has 0 radical (unpaired) electrons. The van der Waals surface area contributed by atoms with Gasteiger partial charge in [-0.2, -0.15) is 0 Å². The SMILES string of the molecule is C[C@@H]1N=C(c2ccccc2O)O[C@H]1c1ccccc1. The van der Waals surface area contributed by atoms with Crippen LogP contribution >= 0.6 is 0 Å². The molecule has 0 saturated heterocycles. The maximum absolute atomic E-state index is 9.85. The molecule has 0 aromatic heterocycles. The van der Waals surface area contributed by atoms with Crippen molar-refractivity contribution in [2.45, 2.75) is 19.1 Å². The summed E-state index contributed by atoms with van der Waals surface area (Å²) in [6, 6.07) is 17.2. The highest BCUT2D eigenvalue weighted by Gasteiger charge is 2.30. The van der Waals surface area contributed by atoms with E-state index < -0.39 is 0 Å². The van der Waals surface area contributed by atoms with E-state index in [0.717, 1.165) is 5.56 Å². The van der Waals surface area contributed by atoms with Crippen LogP contribution in [-0.2, 0) is 4.74 Å². The quantitative estimate of drug-likeness (QED) is 0.892. The number of aliphatic imine (C=N–C) groups is 1. The summed E-state index contributed by atoms with van der Waals surface area (Å²) in [6.45, 7) is 2.02. The monoisotopic (exact) mass is 253 g/mol. The second-order valence-corrected chi connectivity index (χ2v) is 4.64. The van der Waals surface area contributed by atoms with Crippen LogP contribution < -0.4 is 0 Å². The summed E-state index contributed by atoms with van der Waals surface area (Å²) in [4.78, 5) is 4.51. The fourth-order valence-electron chi connectivity index (χ4n) is 2.28. The third-order valence-electron chi connectivity index (χ3n) is 3.26. The molecule has 0 aliphatic carbocycles. The van der Waals surface area contributed by atoms with E-state index in [4.69, 9.17) is 4.74 Å². The zero-order chi connectivity index (χ0) is 13.2. The van der Waals surface area contributed by atoms with Crippen molar-refractivity contribution in [1.29, 1.82) is 0 Å². The highest BCUT2D eigenvalue weighted by atomic mass is 16.5. The number of ether oxygens (including phenoxy) is 1. The van der Waals surface area contributed by atoms with E-state index in [1.165, 1.54) is 0 Å². The van der Waals surface area contributed by atoms with Gasteiger partial charge in [-0.1, -0.05) is 42.5 Å². The van der Waals surface area contributed by atoms with Crippen molar-refractivity contribution in [2.75, 3.05) is 0 Å². The Morgan fingerprint density at radius 1 is 1.00 bits per heavy atom. The fourth-order valence-corrected chi connectivity index (χ4v) is 2.28. The number of nitrogens with zero attached hydrogens (tertiary/aromatic N) is 1. The lowest BCUT2D eigenvalue weighted by atomic mass is 10.0. The summed E-state index contributed by atoms with van der Waals surface area (Å²) < 4.78 is 5.92. The van der Waals surface area contributed by atoms with Crippen LogP contribution in [-0.4, -0.2) is 17.0 Å². The molecule has 1 aliphatic heterocycles. The van der Waals surface area contributed by atoms with E-state index in [2.05, 4.69) is 4.99 Å². The summed E-state index contributed by atoms with van der Waals surface area (Å²) in [7, 11) is 0. The Kier molecular flexibility index (Phi) is 2.95. The third kappa shape index (κ3) is 2.19. The van der Waals surface area contributed by atoms with Crippen molar-refractivity contribution < 1.29 is 9.84 Å². The molecule has 0 saturated carbocycles. The first-order valence-electron chi connectivity index (χ1n) is 6.33. The molecule has 0 amide bonds. The molecular formula is C16H15NO2. The van der Waals surface area contributed by atoms with Crippen LogP contribution in [0.1, 0.15) is 24.2 Å². The van der Waals surface area contributed by atoms with E-state index >= 15 is 0 Å². The van der Waals surface area contributed by atoms with Gasteiger partial charge in [0.2, 0.25) is 5.90 Å². The number of hydrogen-bond acceptors (Lipinski definition) is 3. The Morgan fingerprint density at radius 3 is 2.42 bits per heavy atom. The van der Waals surface area contributed by atoms with E-state index in [0.29, 0.717) is 11.5 Å². The summed E-state index contributed by atoms with van der Waals surface area (Å²) in [5, 5.41) is 9.85. The maximum Gasteiger partial charge on any atom is 0.220 e. The van der Waals surface area contributed by atoms with Crippen LogP contribution in [0.2, 0.25) is 0 Å². The van der Waals surface area contributed by atoms with Gasteiger partial charge in [0.15, 0.2) is 0 Å². The maximum atomic E-state index is 9.85. The van der Waals surface area contributed by atoms with Crippen LogP contribution in [0.15, 0.2) is 59.6 Å². The number of rotatable bonds is 2. The molecule has 0 unspecified atom stereocenters. The summed E-state index contributed by atoms with van der Waals surface area (Å²) in [6.07, 6.45) is -0.0872. The van der Waals surface area contributed by atoms with Crippen molar-refractivity contribution in [2.24, 2.45) is 4.99 Å². The van der Waals surface area contributed by atoms with Crippen molar-refractivity contribution in [3.05, 3.63) is 65.7 Å². The zero-order valence-electron chi connectivity index (χ0n) is 10.7. The van der Waals surface area contributed by atoms with Gasteiger partial charge in [0.1, 0.15) is 11.9 Å². The van der Waals surface area contributed by atoms with Crippen LogP contribution in [0, 0.1) is 0 Å². The van der Waals surface area contributed by atoms with Crippen LogP contribution in [0.5, 0.6) is 5.75 Å². The van der Waals surface area contributed by atoms with Crippen molar-refractivity contribution >= 4 is 5.90 Å².